The summed E-state index contributed by atoms with van der Waals surface area (Å²) < 4.78 is 5.81. The Balaban J connectivity index is 2.30. The van der Waals surface area contributed by atoms with E-state index in [2.05, 4.69) is 39.8 Å². The molecule has 0 fully saturated rings. The number of aliphatic hydroxyl groups is 1. The molecule has 1 aliphatic rings. The summed E-state index contributed by atoms with van der Waals surface area (Å²) in [5, 5.41) is 10.3. The van der Waals surface area contributed by atoms with Gasteiger partial charge in [-0.15, -0.1) is 0 Å². The average Bonchev–Trinajstić information content (AvgIpc) is 2.67. The van der Waals surface area contributed by atoms with Crippen molar-refractivity contribution in [1.82, 2.24) is 0 Å². The van der Waals surface area contributed by atoms with Crippen LogP contribution in [0.25, 0.3) is 0 Å². The normalized spacial score (nSPS) is 22.7. The lowest BCUT2D eigenvalue weighted by Crippen LogP contribution is -2.18. The second-order valence-electron chi connectivity index (χ2n) is 5.88. The molecule has 0 radical (unpaired) electrons. The third kappa shape index (κ3) is 2.26. The van der Waals surface area contributed by atoms with Crippen LogP contribution in [0.3, 0.4) is 0 Å². The Morgan fingerprint density at radius 1 is 1.28 bits per heavy atom. The van der Waals surface area contributed by atoms with E-state index in [0.717, 1.165) is 30.6 Å². The third-order valence-corrected chi connectivity index (χ3v) is 4.20. The predicted molar refractivity (Wildman–Crippen MR) is 74.0 cm³/mol. The fourth-order valence-electron chi connectivity index (χ4n) is 2.44. The van der Waals surface area contributed by atoms with Crippen LogP contribution in [0.2, 0.25) is 0 Å². The SMILES string of the molecule is CCCC1Oc2ccc(C(C)(C)CC)cc2C1O. The maximum absolute atomic E-state index is 10.3. The molecule has 100 valence electrons. The monoisotopic (exact) mass is 248 g/mol. The van der Waals surface area contributed by atoms with Crippen molar-refractivity contribution in [3.05, 3.63) is 29.3 Å². The van der Waals surface area contributed by atoms with E-state index in [1.807, 2.05) is 6.07 Å². The summed E-state index contributed by atoms with van der Waals surface area (Å²) in [6, 6.07) is 6.27. The smallest absolute Gasteiger partial charge is 0.129 e. The molecule has 2 nitrogen and oxygen atoms in total. The molecule has 1 aliphatic heterocycles. The molecule has 18 heavy (non-hydrogen) atoms. The molecule has 0 spiro atoms. The zero-order valence-corrected chi connectivity index (χ0v) is 11.9. The summed E-state index contributed by atoms with van der Waals surface area (Å²) in [5.74, 6) is 0.858. The van der Waals surface area contributed by atoms with Crippen LogP contribution in [0.1, 0.15) is 64.2 Å². The van der Waals surface area contributed by atoms with E-state index in [9.17, 15) is 5.11 Å². The van der Waals surface area contributed by atoms with E-state index in [1.54, 1.807) is 0 Å². The van der Waals surface area contributed by atoms with E-state index in [0.29, 0.717) is 0 Å². The summed E-state index contributed by atoms with van der Waals surface area (Å²) in [4.78, 5) is 0. The Kier molecular flexibility index (Phi) is 3.67. The third-order valence-electron chi connectivity index (χ3n) is 4.20. The van der Waals surface area contributed by atoms with E-state index < -0.39 is 6.10 Å². The molecule has 0 bridgehead atoms. The van der Waals surface area contributed by atoms with Crippen LogP contribution in [0.4, 0.5) is 0 Å². The lowest BCUT2D eigenvalue weighted by Gasteiger charge is -2.24. The second kappa shape index (κ2) is 4.93. The lowest BCUT2D eigenvalue weighted by molar-refractivity contribution is 0.0616. The molecule has 0 amide bonds. The zero-order chi connectivity index (χ0) is 13.3. The van der Waals surface area contributed by atoms with Crippen molar-refractivity contribution in [2.24, 2.45) is 0 Å². The van der Waals surface area contributed by atoms with Crippen molar-refractivity contribution in [1.29, 1.82) is 0 Å². The first kappa shape index (κ1) is 13.4. The molecule has 2 unspecified atom stereocenters. The number of aliphatic hydroxyl groups excluding tert-OH is 1. The van der Waals surface area contributed by atoms with Gasteiger partial charge in [0.15, 0.2) is 0 Å². The standard InChI is InChI=1S/C16H24O2/c1-5-7-14-15(17)12-10-11(16(3,4)6-2)8-9-13(12)18-14/h8-10,14-15,17H,5-7H2,1-4H3. The molecule has 0 saturated carbocycles. The highest BCUT2D eigenvalue weighted by molar-refractivity contribution is 5.44. The van der Waals surface area contributed by atoms with Gasteiger partial charge in [0.2, 0.25) is 0 Å². The van der Waals surface area contributed by atoms with Crippen LogP contribution in [-0.4, -0.2) is 11.2 Å². The molecule has 2 rings (SSSR count). The topological polar surface area (TPSA) is 29.5 Å². The van der Waals surface area contributed by atoms with E-state index in [4.69, 9.17) is 4.74 Å². The highest BCUT2D eigenvalue weighted by atomic mass is 16.5. The van der Waals surface area contributed by atoms with Crippen molar-refractivity contribution in [3.8, 4) is 5.75 Å². The Morgan fingerprint density at radius 2 is 2.00 bits per heavy atom. The summed E-state index contributed by atoms with van der Waals surface area (Å²) >= 11 is 0. The molecule has 1 heterocycles. The minimum absolute atomic E-state index is 0.0648. The van der Waals surface area contributed by atoms with Gasteiger partial charge in [0.25, 0.3) is 0 Å². The van der Waals surface area contributed by atoms with E-state index >= 15 is 0 Å². The summed E-state index contributed by atoms with van der Waals surface area (Å²) in [7, 11) is 0. The number of fused-ring (bicyclic) bond motifs is 1. The van der Waals surface area contributed by atoms with Gasteiger partial charge in [-0.3, -0.25) is 0 Å². The van der Waals surface area contributed by atoms with Crippen LogP contribution in [0.5, 0.6) is 5.75 Å². The molecule has 2 atom stereocenters. The zero-order valence-electron chi connectivity index (χ0n) is 11.9. The number of ether oxygens (including phenoxy) is 1. The van der Waals surface area contributed by atoms with Gasteiger partial charge >= 0.3 is 0 Å². The molecule has 1 N–H and O–H groups in total. The van der Waals surface area contributed by atoms with Gasteiger partial charge in [0.1, 0.15) is 18.0 Å². The summed E-state index contributed by atoms with van der Waals surface area (Å²) in [6.45, 7) is 8.78. The van der Waals surface area contributed by atoms with Gasteiger partial charge in [-0.2, -0.15) is 0 Å². The fourth-order valence-corrected chi connectivity index (χ4v) is 2.44. The van der Waals surface area contributed by atoms with Gasteiger partial charge < -0.3 is 9.84 Å². The van der Waals surface area contributed by atoms with E-state index in [-0.39, 0.29) is 11.5 Å². The van der Waals surface area contributed by atoms with Crippen LogP contribution in [0, 0.1) is 0 Å². The van der Waals surface area contributed by atoms with Crippen molar-refractivity contribution >= 4 is 0 Å². The fraction of sp³-hybridized carbons (Fsp3) is 0.625. The van der Waals surface area contributed by atoms with Gasteiger partial charge in [0.05, 0.1) is 0 Å². The molecule has 0 saturated heterocycles. The first-order valence-corrected chi connectivity index (χ1v) is 6.98. The average molecular weight is 248 g/mol. The number of rotatable bonds is 4. The Labute approximate surface area is 110 Å². The van der Waals surface area contributed by atoms with Gasteiger partial charge in [0, 0.05) is 5.56 Å². The molecular weight excluding hydrogens is 224 g/mol. The van der Waals surface area contributed by atoms with Crippen LogP contribution in [-0.2, 0) is 5.41 Å². The maximum Gasteiger partial charge on any atom is 0.129 e. The quantitative estimate of drug-likeness (QED) is 0.873. The summed E-state index contributed by atoms with van der Waals surface area (Å²) in [6.07, 6.45) is 2.49. The largest absolute Gasteiger partial charge is 0.487 e. The predicted octanol–water partition coefficient (Wildman–Crippen LogP) is 3.97. The van der Waals surface area contributed by atoms with Crippen molar-refractivity contribution in [2.75, 3.05) is 0 Å². The Hall–Kier alpha value is -1.02. The first-order chi connectivity index (χ1) is 8.49. The molecule has 0 aromatic heterocycles. The van der Waals surface area contributed by atoms with Crippen LogP contribution < -0.4 is 4.74 Å². The van der Waals surface area contributed by atoms with Crippen LogP contribution in [0.15, 0.2) is 18.2 Å². The number of hydrogen-bond acceptors (Lipinski definition) is 2. The molecule has 1 aromatic carbocycles. The van der Waals surface area contributed by atoms with Gasteiger partial charge in [-0.05, 0) is 36.0 Å². The van der Waals surface area contributed by atoms with Crippen LogP contribution >= 0.6 is 0 Å². The second-order valence-corrected chi connectivity index (χ2v) is 5.88. The highest BCUT2D eigenvalue weighted by Crippen LogP contribution is 2.41. The number of benzene rings is 1. The van der Waals surface area contributed by atoms with Crippen molar-refractivity contribution in [2.45, 2.75) is 64.6 Å². The molecule has 0 aliphatic carbocycles. The Bertz CT molecular complexity index is 423. The van der Waals surface area contributed by atoms with E-state index in [1.165, 1.54) is 5.56 Å². The molecule has 1 aromatic rings. The number of hydrogen-bond donors (Lipinski definition) is 1. The first-order valence-electron chi connectivity index (χ1n) is 6.98. The van der Waals surface area contributed by atoms with Crippen molar-refractivity contribution in [3.63, 3.8) is 0 Å². The lowest BCUT2D eigenvalue weighted by atomic mass is 9.81. The van der Waals surface area contributed by atoms with Gasteiger partial charge in [-0.25, -0.2) is 0 Å². The minimum atomic E-state index is -0.465. The highest BCUT2D eigenvalue weighted by Gasteiger charge is 2.33. The minimum Gasteiger partial charge on any atom is -0.487 e. The van der Waals surface area contributed by atoms with Crippen molar-refractivity contribution < 1.29 is 9.84 Å². The Morgan fingerprint density at radius 3 is 2.61 bits per heavy atom. The molecular formula is C16H24O2. The van der Waals surface area contributed by atoms with Gasteiger partial charge in [-0.1, -0.05) is 40.2 Å². The summed E-state index contributed by atoms with van der Waals surface area (Å²) in [5.41, 5.74) is 2.40. The maximum atomic E-state index is 10.3. The molecule has 2 heteroatoms.